The monoisotopic (exact) mass is 368 g/mol. The number of benzene rings is 3. The summed E-state index contributed by atoms with van der Waals surface area (Å²) in [6, 6.07) is 24.0. The second-order valence-electron chi connectivity index (χ2n) is 5.62. The Morgan fingerprint density at radius 2 is 1.19 bits per heavy atom. The molecule has 6 heteroatoms. The fourth-order valence-electron chi connectivity index (χ4n) is 2.30. The second-order valence-corrected chi connectivity index (χ2v) is 6.06. The number of rotatable bonds is 8. The van der Waals surface area contributed by atoms with Crippen LogP contribution in [0.3, 0.4) is 0 Å². The zero-order valence-corrected chi connectivity index (χ0v) is 14.8. The van der Waals surface area contributed by atoms with Crippen LogP contribution in [0.25, 0.3) is 0 Å². The van der Waals surface area contributed by atoms with Crippen molar-refractivity contribution in [1.82, 2.24) is 0 Å². The quantitative estimate of drug-likeness (QED) is 0.595. The van der Waals surface area contributed by atoms with E-state index in [-0.39, 0.29) is 0 Å². The molecule has 0 radical (unpaired) electrons. The van der Waals surface area contributed by atoms with E-state index in [2.05, 4.69) is 0 Å². The molecule has 3 rings (SSSR count). The van der Waals surface area contributed by atoms with E-state index in [4.69, 9.17) is 25.6 Å². The van der Waals surface area contributed by atoms with Crippen LogP contribution in [0.1, 0.15) is 11.1 Å². The molecule has 26 heavy (non-hydrogen) atoms. The van der Waals surface area contributed by atoms with Gasteiger partial charge in [0.05, 0.1) is 13.2 Å². The third kappa shape index (κ3) is 5.81. The van der Waals surface area contributed by atoms with Crippen LogP contribution < -0.4 is 9.31 Å². The normalized spacial score (nSPS) is 10.4. The fraction of sp³-hybridized carbons (Fsp3) is 0.100. The molecule has 4 nitrogen and oxygen atoms in total. The second kappa shape index (κ2) is 9.29. The topological polar surface area (TPSA) is 47.9 Å². The van der Waals surface area contributed by atoms with Gasteiger partial charge in [0.1, 0.15) is 11.5 Å². The smallest absolute Gasteiger partial charge is 0.501 e. The Balaban J connectivity index is 1.45. The lowest BCUT2D eigenvalue weighted by Gasteiger charge is -2.11. The van der Waals surface area contributed by atoms with E-state index >= 15 is 0 Å². The summed E-state index contributed by atoms with van der Waals surface area (Å²) in [6.45, 7) is 1.06. The number of halogens is 1. The standard InChI is InChI=1S/C20H18BClO4/c22-18-8-12-20(13-9-18)26-21(23)25-19-10-6-17(7-11-19)15-24-14-16-4-2-1-3-5-16/h1-13,23H,14-15H2. The Morgan fingerprint density at radius 3 is 1.77 bits per heavy atom. The summed E-state index contributed by atoms with van der Waals surface area (Å²) in [7, 11) is -1.41. The van der Waals surface area contributed by atoms with Gasteiger partial charge in [-0.2, -0.15) is 0 Å². The van der Waals surface area contributed by atoms with Crippen LogP contribution in [0.15, 0.2) is 78.9 Å². The summed E-state index contributed by atoms with van der Waals surface area (Å²) < 4.78 is 16.3. The molecule has 0 fully saturated rings. The highest BCUT2D eigenvalue weighted by atomic mass is 35.5. The molecule has 132 valence electrons. The zero-order chi connectivity index (χ0) is 18.2. The van der Waals surface area contributed by atoms with E-state index < -0.39 is 7.32 Å². The first-order chi connectivity index (χ1) is 12.7. The first-order valence-electron chi connectivity index (χ1n) is 8.16. The SMILES string of the molecule is OB(Oc1ccc(Cl)cc1)Oc1ccc(COCc2ccccc2)cc1. The highest BCUT2D eigenvalue weighted by Crippen LogP contribution is 2.18. The molecule has 0 aromatic heterocycles. The molecule has 0 saturated carbocycles. The maximum Gasteiger partial charge on any atom is 0.785 e. The molecular weight excluding hydrogens is 350 g/mol. The molecule has 3 aromatic carbocycles. The molecule has 0 atom stereocenters. The summed E-state index contributed by atoms with van der Waals surface area (Å²) in [4.78, 5) is 0. The third-order valence-electron chi connectivity index (χ3n) is 3.59. The van der Waals surface area contributed by atoms with Gasteiger partial charge in [-0.15, -0.1) is 0 Å². The van der Waals surface area contributed by atoms with E-state index in [1.807, 2.05) is 42.5 Å². The average Bonchev–Trinajstić information content (AvgIpc) is 2.66. The number of hydrogen-bond donors (Lipinski definition) is 1. The van der Waals surface area contributed by atoms with Gasteiger partial charge in [-0.3, -0.25) is 0 Å². The first-order valence-corrected chi connectivity index (χ1v) is 8.54. The maximum absolute atomic E-state index is 9.86. The summed E-state index contributed by atoms with van der Waals surface area (Å²) in [5, 5.41) is 10.5. The molecule has 3 aromatic rings. The van der Waals surface area contributed by atoms with Gasteiger partial charge in [-0.05, 0) is 47.5 Å². The molecule has 0 aliphatic rings. The van der Waals surface area contributed by atoms with Gasteiger partial charge in [0, 0.05) is 5.02 Å². The van der Waals surface area contributed by atoms with Crippen molar-refractivity contribution in [2.24, 2.45) is 0 Å². The Kier molecular flexibility index (Phi) is 6.55. The maximum atomic E-state index is 9.86. The molecule has 0 aliphatic heterocycles. The molecule has 1 N–H and O–H groups in total. The molecule has 0 unspecified atom stereocenters. The summed E-state index contributed by atoms with van der Waals surface area (Å²) in [5.41, 5.74) is 2.15. The van der Waals surface area contributed by atoms with Crippen LogP contribution in [-0.2, 0) is 18.0 Å². The van der Waals surface area contributed by atoms with E-state index in [0.29, 0.717) is 29.7 Å². The van der Waals surface area contributed by atoms with Crippen molar-refractivity contribution < 1.29 is 19.1 Å². The van der Waals surface area contributed by atoms with Gasteiger partial charge in [-0.1, -0.05) is 54.1 Å². The average molecular weight is 369 g/mol. The summed E-state index contributed by atoms with van der Waals surface area (Å²) in [6.07, 6.45) is 0. The van der Waals surface area contributed by atoms with Gasteiger partial charge in [0.2, 0.25) is 0 Å². The first kappa shape index (κ1) is 18.3. The van der Waals surface area contributed by atoms with Gasteiger partial charge in [0.25, 0.3) is 0 Å². The van der Waals surface area contributed by atoms with Gasteiger partial charge in [0.15, 0.2) is 0 Å². The minimum Gasteiger partial charge on any atom is -0.501 e. The van der Waals surface area contributed by atoms with Crippen molar-refractivity contribution in [3.63, 3.8) is 0 Å². The van der Waals surface area contributed by atoms with Crippen molar-refractivity contribution in [1.29, 1.82) is 0 Å². The van der Waals surface area contributed by atoms with Gasteiger partial charge >= 0.3 is 7.32 Å². The molecule has 0 spiro atoms. The van der Waals surface area contributed by atoms with Crippen LogP contribution in [0.2, 0.25) is 5.02 Å². The third-order valence-corrected chi connectivity index (χ3v) is 3.84. The Hall–Kier alpha value is -2.47. The van der Waals surface area contributed by atoms with Gasteiger partial charge in [-0.25, -0.2) is 0 Å². The van der Waals surface area contributed by atoms with Crippen LogP contribution >= 0.6 is 11.6 Å². The number of hydrogen-bond acceptors (Lipinski definition) is 4. The van der Waals surface area contributed by atoms with Crippen molar-refractivity contribution in [2.75, 3.05) is 0 Å². The van der Waals surface area contributed by atoms with E-state index in [1.54, 1.807) is 36.4 Å². The summed E-state index contributed by atoms with van der Waals surface area (Å²) >= 11 is 5.80. The Morgan fingerprint density at radius 1 is 0.692 bits per heavy atom. The van der Waals surface area contributed by atoms with Crippen LogP contribution in [0, 0.1) is 0 Å². The van der Waals surface area contributed by atoms with Crippen molar-refractivity contribution in [3.8, 4) is 11.5 Å². The highest BCUT2D eigenvalue weighted by molar-refractivity contribution is 6.36. The van der Waals surface area contributed by atoms with Crippen molar-refractivity contribution in [2.45, 2.75) is 13.2 Å². The van der Waals surface area contributed by atoms with Crippen molar-refractivity contribution >= 4 is 18.9 Å². The van der Waals surface area contributed by atoms with Crippen LogP contribution in [0.4, 0.5) is 0 Å². The molecule has 0 bridgehead atoms. The minimum atomic E-state index is -1.41. The predicted molar refractivity (Wildman–Crippen MR) is 102 cm³/mol. The van der Waals surface area contributed by atoms with Crippen molar-refractivity contribution in [3.05, 3.63) is 95.0 Å². The lowest BCUT2D eigenvalue weighted by Crippen LogP contribution is -2.29. The predicted octanol–water partition coefficient (Wildman–Crippen LogP) is 4.49. The Bertz CT molecular complexity index is 794. The van der Waals surface area contributed by atoms with E-state index in [1.165, 1.54) is 0 Å². The Labute approximate surface area is 158 Å². The van der Waals surface area contributed by atoms with Crippen LogP contribution in [-0.4, -0.2) is 12.3 Å². The highest BCUT2D eigenvalue weighted by Gasteiger charge is 2.21. The van der Waals surface area contributed by atoms with E-state index in [0.717, 1.165) is 11.1 Å². The molecular formula is C20H18BClO4. The fourth-order valence-corrected chi connectivity index (χ4v) is 2.42. The number of ether oxygens (including phenoxy) is 1. The molecule has 0 aliphatic carbocycles. The molecule has 0 saturated heterocycles. The lowest BCUT2D eigenvalue weighted by molar-refractivity contribution is 0.107. The van der Waals surface area contributed by atoms with E-state index in [9.17, 15) is 5.02 Å². The van der Waals surface area contributed by atoms with Crippen LogP contribution in [0.5, 0.6) is 11.5 Å². The molecule has 0 amide bonds. The summed E-state index contributed by atoms with van der Waals surface area (Å²) in [5.74, 6) is 0.964. The zero-order valence-electron chi connectivity index (χ0n) is 14.0. The van der Waals surface area contributed by atoms with Gasteiger partial charge < -0.3 is 19.1 Å². The molecule has 0 heterocycles. The largest absolute Gasteiger partial charge is 0.785 e. The lowest BCUT2D eigenvalue weighted by atomic mass is 10.2. The minimum absolute atomic E-state index is 0.466.